The van der Waals surface area contributed by atoms with Crippen molar-refractivity contribution in [3.05, 3.63) is 89.0 Å². The zero-order valence-corrected chi connectivity index (χ0v) is 22.3. The fraction of sp³-hybridized carbons (Fsp3) is 0.323. The van der Waals surface area contributed by atoms with Crippen LogP contribution in [-0.2, 0) is 22.7 Å². The van der Waals surface area contributed by atoms with Crippen molar-refractivity contribution in [2.75, 3.05) is 18.8 Å². The molecule has 204 valence electrons. The number of fused-ring (bicyclic) bond motifs is 1. The van der Waals surface area contributed by atoms with Crippen LogP contribution in [0.2, 0.25) is 0 Å². The van der Waals surface area contributed by atoms with Crippen molar-refractivity contribution in [3.63, 3.8) is 0 Å². The van der Waals surface area contributed by atoms with Gasteiger partial charge in [-0.05, 0) is 85.3 Å². The first-order valence-electron chi connectivity index (χ1n) is 13.8. The minimum Gasteiger partial charge on any atom is -0.397 e. The molecule has 2 saturated heterocycles. The van der Waals surface area contributed by atoms with Crippen molar-refractivity contribution in [2.45, 2.75) is 50.7 Å². The summed E-state index contributed by atoms with van der Waals surface area (Å²) in [6.45, 7) is 3.16. The smallest absolute Gasteiger partial charge is 0.255 e. The van der Waals surface area contributed by atoms with Gasteiger partial charge >= 0.3 is 0 Å². The number of piperidine rings is 2. The van der Waals surface area contributed by atoms with Gasteiger partial charge in [0.2, 0.25) is 11.8 Å². The number of imide groups is 1. The Labute approximate surface area is 233 Å². The van der Waals surface area contributed by atoms with E-state index in [0.717, 1.165) is 49.3 Å². The van der Waals surface area contributed by atoms with Crippen LogP contribution in [0.5, 0.6) is 0 Å². The van der Waals surface area contributed by atoms with E-state index >= 15 is 0 Å². The van der Waals surface area contributed by atoms with Gasteiger partial charge in [-0.25, -0.2) is 0 Å². The van der Waals surface area contributed by atoms with Gasteiger partial charge in [-0.1, -0.05) is 36.4 Å². The SMILES string of the molecule is Nc1ccc(CN2CCC(c3ccc4c(c3)CN(C3CCC(=O)NC3=O)C4=O)CC2)cc1N=Nc1ccccc1. The average molecular weight is 537 g/mol. The number of likely N-dealkylation sites (tertiary alicyclic amines) is 1. The van der Waals surface area contributed by atoms with E-state index in [2.05, 4.69) is 38.6 Å². The first kappa shape index (κ1) is 25.9. The van der Waals surface area contributed by atoms with Crippen molar-refractivity contribution in [2.24, 2.45) is 10.2 Å². The Morgan fingerprint density at radius 3 is 2.48 bits per heavy atom. The van der Waals surface area contributed by atoms with Crippen LogP contribution in [0.3, 0.4) is 0 Å². The number of hydrogen-bond donors (Lipinski definition) is 2. The number of carbonyl (C=O) groups is 3. The Bertz CT molecular complexity index is 1480. The average Bonchev–Trinajstić information content (AvgIpc) is 3.29. The minimum atomic E-state index is -0.585. The zero-order valence-electron chi connectivity index (χ0n) is 22.3. The second-order valence-electron chi connectivity index (χ2n) is 10.8. The van der Waals surface area contributed by atoms with E-state index in [-0.39, 0.29) is 24.1 Å². The highest BCUT2D eigenvalue weighted by Crippen LogP contribution is 2.34. The molecule has 3 aliphatic heterocycles. The molecule has 0 bridgehead atoms. The number of nitrogens with two attached hydrogens (primary N) is 1. The summed E-state index contributed by atoms with van der Waals surface area (Å²) in [6.07, 6.45) is 2.69. The molecule has 0 radical (unpaired) electrons. The van der Waals surface area contributed by atoms with Crippen LogP contribution in [-0.4, -0.2) is 46.7 Å². The molecule has 1 atom stereocenters. The van der Waals surface area contributed by atoms with E-state index in [1.807, 2.05) is 48.5 Å². The molecule has 6 rings (SSSR count). The summed E-state index contributed by atoms with van der Waals surface area (Å²) >= 11 is 0. The maximum atomic E-state index is 13.0. The third-order valence-corrected chi connectivity index (χ3v) is 8.14. The van der Waals surface area contributed by atoms with Gasteiger partial charge in [-0.2, -0.15) is 5.11 Å². The van der Waals surface area contributed by atoms with Gasteiger partial charge in [0.25, 0.3) is 5.91 Å². The molecule has 9 heteroatoms. The quantitative estimate of drug-likeness (QED) is 0.266. The lowest BCUT2D eigenvalue weighted by Crippen LogP contribution is -2.52. The largest absolute Gasteiger partial charge is 0.397 e. The number of azo groups is 1. The molecular weight excluding hydrogens is 504 g/mol. The Hall–Kier alpha value is -4.37. The summed E-state index contributed by atoms with van der Waals surface area (Å²) in [4.78, 5) is 41.0. The summed E-state index contributed by atoms with van der Waals surface area (Å²) in [5, 5.41) is 11.0. The van der Waals surface area contributed by atoms with Crippen molar-refractivity contribution < 1.29 is 14.4 Å². The summed E-state index contributed by atoms with van der Waals surface area (Å²) in [7, 11) is 0. The third kappa shape index (κ3) is 5.37. The fourth-order valence-electron chi connectivity index (χ4n) is 5.91. The molecule has 2 fully saturated rings. The summed E-state index contributed by atoms with van der Waals surface area (Å²) in [5.74, 6) is -0.359. The molecule has 1 unspecified atom stereocenters. The summed E-state index contributed by atoms with van der Waals surface area (Å²) in [6, 6.07) is 21.1. The molecule has 3 aromatic carbocycles. The topological polar surface area (TPSA) is 120 Å². The Balaban J connectivity index is 1.07. The standard InChI is InChI=1S/C31H32N6O3/c32-26-9-6-20(16-27(26)35-34-24-4-2-1-3-5-24)18-36-14-12-21(13-15-36)22-7-8-25-23(17-22)19-37(31(25)40)28-10-11-29(38)33-30(28)39/h1-9,16-17,21,28H,10-15,18-19,32H2,(H,33,38,39). The minimum absolute atomic E-state index is 0.128. The molecule has 0 spiro atoms. The van der Waals surface area contributed by atoms with Crippen LogP contribution >= 0.6 is 0 Å². The molecule has 9 nitrogen and oxygen atoms in total. The predicted octanol–water partition coefficient (Wildman–Crippen LogP) is 4.82. The second-order valence-corrected chi connectivity index (χ2v) is 10.8. The Morgan fingerprint density at radius 1 is 0.900 bits per heavy atom. The molecular formula is C31H32N6O3. The van der Waals surface area contributed by atoms with E-state index in [1.165, 1.54) is 5.56 Å². The van der Waals surface area contributed by atoms with E-state index in [0.29, 0.717) is 35.8 Å². The monoisotopic (exact) mass is 536 g/mol. The van der Waals surface area contributed by atoms with Crippen LogP contribution in [0, 0.1) is 0 Å². The number of amides is 3. The van der Waals surface area contributed by atoms with Crippen LogP contribution in [0.4, 0.5) is 17.1 Å². The number of anilines is 1. The number of rotatable bonds is 6. The maximum Gasteiger partial charge on any atom is 0.255 e. The van der Waals surface area contributed by atoms with Crippen LogP contribution in [0.25, 0.3) is 0 Å². The molecule has 3 heterocycles. The van der Waals surface area contributed by atoms with Crippen molar-refractivity contribution >= 4 is 34.8 Å². The highest BCUT2D eigenvalue weighted by molar-refractivity contribution is 6.05. The number of hydrogen-bond acceptors (Lipinski definition) is 7. The van der Waals surface area contributed by atoms with Gasteiger partial charge in [0.05, 0.1) is 11.4 Å². The van der Waals surface area contributed by atoms with Gasteiger partial charge in [0, 0.05) is 25.1 Å². The van der Waals surface area contributed by atoms with Crippen molar-refractivity contribution in [1.29, 1.82) is 0 Å². The van der Waals surface area contributed by atoms with Crippen LogP contribution in [0.15, 0.2) is 77.0 Å². The molecule has 3 amide bonds. The zero-order chi connectivity index (χ0) is 27.6. The van der Waals surface area contributed by atoms with Crippen molar-refractivity contribution in [1.82, 2.24) is 15.1 Å². The van der Waals surface area contributed by atoms with Gasteiger partial charge in [-0.3, -0.25) is 24.6 Å². The van der Waals surface area contributed by atoms with Gasteiger partial charge in [0.15, 0.2) is 0 Å². The molecule has 3 aromatic rings. The highest BCUT2D eigenvalue weighted by Gasteiger charge is 2.39. The number of nitrogens with zero attached hydrogens (tertiary/aromatic N) is 4. The van der Waals surface area contributed by atoms with E-state index in [4.69, 9.17) is 5.73 Å². The first-order chi connectivity index (χ1) is 19.4. The number of nitrogen functional groups attached to an aromatic ring is 1. The van der Waals surface area contributed by atoms with E-state index in [9.17, 15) is 14.4 Å². The molecule has 3 aliphatic rings. The van der Waals surface area contributed by atoms with Crippen molar-refractivity contribution in [3.8, 4) is 0 Å². The molecule has 0 aromatic heterocycles. The van der Waals surface area contributed by atoms with Crippen LogP contribution < -0.4 is 11.1 Å². The molecule has 40 heavy (non-hydrogen) atoms. The fourth-order valence-corrected chi connectivity index (χ4v) is 5.91. The summed E-state index contributed by atoms with van der Waals surface area (Å²) in [5.41, 5.74) is 12.2. The molecule has 0 saturated carbocycles. The normalized spacial score (nSPS) is 20.2. The third-order valence-electron chi connectivity index (χ3n) is 8.14. The van der Waals surface area contributed by atoms with Gasteiger partial charge < -0.3 is 10.6 Å². The number of benzene rings is 3. The van der Waals surface area contributed by atoms with E-state index < -0.39 is 6.04 Å². The maximum absolute atomic E-state index is 13.0. The van der Waals surface area contributed by atoms with Crippen LogP contribution in [0.1, 0.15) is 58.6 Å². The lowest BCUT2D eigenvalue weighted by atomic mass is 9.87. The van der Waals surface area contributed by atoms with Gasteiger partial charge in [-0.15, -0.1) is 5.11 Å². The van der Waals surface area contributed by atoms with Gasteiger partial charge in [0.1, 0.15) is 11.7 Å². The molecule has 3 N–H and O–H groups in total. The Morgan fingerprint density at radius 2 is 1.70 bits per heavy atom. The number of carbonyl (C=O) groups excluding carboxylic acids is 3. The lowest BCUT2D eigenvalue weighted by molar-refractivity contribution is -0.136. The number of nitrogens with one attached hydrogen (secondary N) is 1. The summed E-state index contributed by atoms with van der Waals surface area (Å²) < 4.78 is 0. The van der Waals surface area contributed by atoms with E-state index in [1.54, 1.807) is 4.90 Å². The second kappa shape index (κ2) is 11.0. The Kier molecular flexibility index (Phi) is 7.13. The lowest BCUT2D eigenvalue weighted by Gasteiger charge is -2.32. The first-order valence-corrected chi connectivity index (χ1v) is 13.8. The molecule has 0 aliphatic carbocycles. The highest BCUT2D eigenvalue weighted by atomic mass is 16.2. The predicted molar refractivity (Wildman–Crippen MR) is 151 cm³/mol.